The van der Waals surface area contributed by atoms with Gasteiger partial charge in [0.1, 0.15) is 5.75 Å². The molecule has 0 heterocycles. The Bertz CT molecular complexity index is 981. The molecule has 0 saturated carbocycles. The molecule has 0 aliphatic heterocycles. The van der Waals surface area contributed by atoms with E-state index in [0.717, 1.165) is 16.8 Å². The van der Waals surface area contributed by atoms with Crippen molar-refractivity contribution in [3.63, 3.8) is 0 Å². The number of amides is 2. The number of hydrogen-bond acceptors (Lipinski definition) is 3. The molecule has 28 heavy (non-hydrogen) atoms. The van der Waals surface area contributed by atoms with Gasteiger partial charge in [0.05, 0.1) is 0 Å². The van der Waals surface area contributed by atoms with Crippen molar-refractivity contribution < 1.29 is 14.3 Å². The van der Waals surface area contributed by atoms with Gasteiger partial charge in [-0.15, -0.1) is 0 Å². The molecule has 3 rings (SSSR count). The topological polar surface area (TPSA) is 67.4 Å². The molecule has 2 amide bonds. The second kappa shape index (κ2) is 8.86. The highest BCUT2D eigenvalue weighted by Crippen LogP contribution is 2.15. The smallest absolute Gasteiger partial charge is 0.262 e. The average molecular weight is 374 g/mol. The molecule has 0 atom stereocenters. The van der Waals surface area contributed by atoms with E-state index >= 15 is 0 Å². The number of nitrogens with one attached hydrogen (secondary N) is 2. The van der Waals surface area contributed by atoms with Crippen LogP contribution in [0.3, 0.4) is 0 Å². The first-order chi connectivity index (χ1) is 13.5. The number of carbonyl (C=O) groups excluding carboxylic acids is 2. The maximum atomic E-state index is 12.5. The van der Waals surface area contributed by atoms with Crippen LogP contribution in [0.15, 0.2) is 72.8 Å². The van der Waals surface area contributed by atoms with Gasteiger partial charge in [0, 0.05) is 16.9 Å². The fraction of sp³-hybridized carbons (Fsp3) is 0.130. The summed E-state index contributed by atoms with van der Waals surface area (Å²) in [5, 5.41) is 5.60. The van der Waals surface area contributed by atoms with Crippen molar-refractivity contribution in [2.45, 2.75) is 13.8 Å². The third-order valence-corrected chi connectivity index (χ3v) is 4.08. The number of carbonyl (C=O) groups is 2. The normalized spacial score (nSPS) is 10.2. The summed E-state index contributed by atoms with van der Waals surface area (Å²) >= 11 is 0. The average Bonchev–Trinajstić information content (AvgIpc) is 2.68. The molecule has 3 aromatic carbocycles. The van der Waals surface area contributed by atoms with Crippen molar-refractivity contribution in [2.75, 3.05) is 17.2 Å². The van der Waals surface area contributed by atoms with E-state index in [0.29, 0.717) is 17.0 Å². The van der Waals surface area contributed by atoms with E-state index < -0.39 is 0 Å². The molecule has 5 heteroatoms. The first kappa shape index (κ1) is 19.2. The van der Waals surface area contributed by atoms with Crippen molar-refractivity contribution in [3.8, 4) is 5.75 Å². The third kappa shape index (κ3) is 5.45. The lowest BCUT2D eigenvalue weighted by molar-refractivity contribution is -0.118. The molecule has 0 radical (unpaired) electrons. The summed E-state index contributed by atoms with van der Waals surface area (Å²) < 4.78 is 5.47. The molecule has 0 fully saturated rings. The molecule has 0 aliphatic carbocycles. The molecule has 0 saturated heterocycles. The van der Waals surface area contributed by atoms with Crippen molar-refractivity contribution in [3.05, 3.63) is 89.5 Å². The van der Waals surface area contributed by atoms with Crippen LogP contribution in [0.4, 0.5) is 11.4 Å². The van der Waals surface area contributed by atoms with Crippen molar-refractivity contribution in [1.82, 2.24) is 0 Å². The summed E-state index contributed by atoms with van der Waals surface area (Å²) in [5.41, 5.74) is 3.91. The standard InChI is InChI=1S/C23H22N2O3/c1-16-9-11-21(12-10-16)28-15-22(26)24-20-8-4-6-18(14-20)23(27)25-19-7-3-5-17(2)13-19/h3-14H,15H2,1-2H3,(H,24,26)(H,25,27). The Morgan fingerprint density at radius 2 is 1.46 bits per heavy atom. The fourth-order valence-corrected chi connectivity index (χ4v) is 2.64. The maximum Gasteiger partial charge on any atom is 0.262 e. The van der Waals surface area contributed by atoms with Gasteiger partial charge < -0.3 is 15.4 Å². The summed E-state index contributed by atoms with van der Waals surface area (Å²) in [5.74, 6) is 0.0986. The summed E-state index contributed by atoms with van der Waals surface area (Å²) in [4.78, 5) is 24.6. The molecular weight excluding hydrogens is 352 g/mol. The Balaban J connectivity index is 1.58. The zero-order chi connectivity index (χ0) is 19.9. The Morgan fingerprint density at radius 3 is 2.18 bits per heavy atom. The van der Waals surface area contributed by atoms with Crippen LogP contribution in [0, 0.1) is 13.8 Å². The van der Waals surface area contributed by atoms with Crippen molar-refractivity contribution in [2.24, 2.45) is 0 Å². The van der Waals surface area contributed by atoms with E-state index in [9.17, 15) is 9.59 Å². The lowest BCUT2D eigenvalue weighted by Gasteiger charge is -2.10. The zero-order valence-corrected chi connectivity index (χ0v) is 15.9. The van der Waals surface area contributed by atoms with Gasteiger partial charge in [0.25, 0.3) is 11.8 Å². The van der Waals surface area contributed by atoms with Crippen LogP contribution in [0.2, 0.25) is 0 Å². The molecule has 3 aromatic rings. The second-order valence-corrected chi connectivity index (χ2v) is 6.55. The summed E-state index contributed by atoms with van der Waals surface area (Å²) in [7, 11) is 0. The molecule has 5 nitrogen and oxygen atoms in total. The molecule has 2 N–H and O–H groups in total. The predicted molar refractivity (Wildman–Crippen MR) is 111 cm³/mol. The Kier molecular flexibility index (Phi) is 6.07. The number of benzene rings is 3. The van der Waals surface area contributed by atoms with Gasteiger partial charge >= 0.3 is 0 Å². The van der Waals surface area contributed by atoms with Gasteiger partial charge in [-0.3, -0.25) is 9.59 Å². The quantitative estimate of drug-likeness (QED) is 0.664. The van der Waals surface area contributed by atoms with E-state index in [1.165, 1.54) is 0 Å². The number of hydrogen-bond donors (Lipinski definition) is 2. The van der Waals surface area contributed by atoms with E-state index in [2.05, 4.69) is 10.6 Å². The number of ether oxygens (including phenoxy) is 1. The summed E-state index contributed by atoms with van der Waals surface area (Å²) in [6, 6.07) is 21.8. The van der Waals surface area contributed by atoms with Gasteiger partial charge in [0.15, 0.2) is 6.61 Å². The van der Waals surface area contributed by atoms with Crippen LogP contribution in [0.1, 0.15) is 21.5 Å². The highest BCUT2D eigenvalue weighted by Gasteiger charge is 2.09. The number of rotatable bonds is 6. The van der Waals surface area contributed by atoms with E-state index in [4.69, 9.17) is 4.74 Å². The molecule has 142 valence electrons. The second-order valence-electron chi connectivity index (χ2n) is 6.55. The fourth-order valence-electron chi connectivity index (χ4n) is 2.64. The van der Waals surface area contributed by atoms with Gasteiger partial charge in [-0.2, -0.15) is 0 Å². The predicted octanol–water partition coefficient (Wildman–Crippen LogP) is 4.57. The van der Waals surface area contributed by atoms with Crippen LogP contribution < -0.4 is 15.4 Å². The van der Waals surface area contributed by atoms with E-state index in [1.807, 2.05) is 62.4 Å². The third-order valence-electron chi connectivity index (χ3n) is 4.08. The molecular formula is C23H22N2O3. The van der Waals surface area contributed by atoms with Crippen LogP contribution in [-0.4, -0.2) is 18.4 Å². The lowest BCUT2D eigenvalue weighted by atomic mass is 10.1. The minimum absolute atomic E-state index is 0.108. The molecule has 0 aliphatic rings. The first-order valence-corrected chi connectivity index (χ1v) is 8.97. The van der Waals surface area contributed by atoms with Crippen LogP contribution in [0.5, 0.6) is 5.75 Å². The number of aryl methyl sites for hydroxylation is 2. The highest BCUT2D eigenvalue weighted by atomic mass is 16.5. The van der Waals surface area contributed by atoms with Crippen molar-refractivity contribution in [1.29, 1.82) is 0 Å². The van der Waals surface area contributed by atoms with Gasteiger partial charge in [0.2, 0.25) is 0 Å². The highest BCUT2D eigenvalue weighted by molar-refractivity contribution is 6.05. The minimum atomic E-state index is -0.295. The largest absolute Gasteiger partial charge is 0.484 e. The first-order valence-electron chi connectivity index (χ1n) is 8.97. The number of anilines is 2. The summed E-state index contributed by atoms with van der Waals surface area (Å²) in [6.07, 6.45) is 0. The molecule has 0 aromatic heterocycles. The zero-order valence-electron chi connectivity index (χ0n) is 15.9. The molecule has 0 bridgehead atoms. The van der Waals surface area contributed by atoms with E-state index in [1.54, 1.807) is 24.3 Å². The van der Waals surface area contributed by atoms with Crippen LogP contribution >= 0.6 is 0 Å². The molecule has 0 spiro atoms. The molecule has 0 unspecified atom stereocenters. The van der Waals surface area contributed by atoms with Crippen LogP contribution in [-0.2, 0) is 4.79 Å². The van der Waals surface area contributed by atoms with Gasteiger partial charge in [-0.25, -0.2) is 0 Å². The monoisotopic (exact) mass is 374 g/mol. The summed E-state index contributed by atoms with van der Waals surface area (Å²) in [6.45, 7) is 3.84. The SMILES string of the molecule is Cc1ccc(OCC(=O)Nc2cccc(C(=O)Nc3cccc(C)c3)c2)cc1. The minimum Gasteiger partial charge on any atom is -0.484 e. The lowest BCUT2D eigenvalue weighted by Crippen LogP contribution is -2.20. The Labute approximate surface area is 164 Å². The van der Waals surface area contributed by atoms with E-state index in [-0.39, 0.29) is 18.4 Å². The van der Waals surface area contributed by atoms with Crippen molar-refractivity contribution >= 4 is 23.2 Å². The Hall–Kier alpha value is -3.60. The maximum absolute atomic E-state index is 12.5. The van der Waals surface area contributed by atoms with Crippen LogP contribution in [0.25, 0.3) is 0 Å². The van der Waals surface area contributed by atoms with Gasteiger partial charge in [-0.1, -0.05) is 35.9 Å². The van der Waals surface area contributed by atoms with Gasteiger partial charge in [-0.05, 0) is 61.9 Å². The Morgan fingerprint density at radius 1 is 0.786 bits per heavy atom.